The van der Waals surface area contributed by atoms with Crippen LogP contribution in [0.2, 0.25) is 5.02 Å². The Morgan fingerprint density at radius 3 is 2.86 bits per heavy atom. The van der Waals surface area contributed by atoms with Crippen LogP contribution in [0.3, 0.4) is 0 Å². The highest BCUT2D eigenvalue weighted by molar-refractivity contribution is 7.10. The van der Waals surface area contributed by atoms with E-state index in [-0.39, 0.29) is 11.3 Å². The fourth-order valence-corrected chi connectivity index (χ4v) is 3.60. The van der Waals surface area contributed by atoms with E-state index in [1.807, 2.05) is 0 Å². The molecule has 21 heavy (non-hydrogen) atoms. The Balaban J connectivity index is 1.72. The number of rotatable bonds is 5. The molecule has 0 aliphatic heterocycles. The second-order valence-electron chi connectivity index (χ2n) is 5.28. The molecule has 5 heteroatoms. The minimum absolute atomic E-state index is 0.135. The van der Waals surface area contributed by atoms with Gasteiger partial charge in [0.15, 0.2) is 0 Å². The van der Waals surface area contributed by atoms with Gasteiger partial charge in [-0.3, -0.25) is 4.79 Å². The lowest BCUT2D eigenvalue weighted by molar-refractivity contribution is 0.0947. The molecule has 1 aromatic carbocycles. The second kappa shape index (κ2) is 5.70. The van der Waals surface area contributed by atoms with Gasteiger partial charge in [-0.05, 0) is 42.5 Å². The number of thiophene rings is 1. The van der Waals surface area contributed by atoms with Crippen molar-refractivity contribution in [3.05, 3.63) is 51.2 Å². The molecule has 0 atom stereocenters. The number of amides is 1. The zero-order valence-electron chi connectivity index (χ0n) is 11.7. The lowest BCUT2D eigenvalue weighted by Crippen LogP contribution is -2.32. The number of hydrogen-bond donors (Lipinski definition) is 1. The van der Waals surface area contributed by atoms with Gasteiger partial charge in [0, 0.05) is 21.9 Å². The first-order valence-electron chi connectivity index (χ1n) is 6.80. The smallest absolute Gasteiger partial charge is 0.255 e. The van der Waals surface area contributed by atoms with Gasteiger partial charge in [0.2, 0.25) is 0 Å². The zero-order chi connectivity index (χ0) is 14.9. The molecule has 0 spiro atoms. The normalized spacial score (nSPS) is 15.5. The van der Waals surface area contributed by atoms with Crippen LogP contribution in [0.1, 0.15) is 28.1 Å². The number of carbonyl (C=O) groups is 1. The van der Waals surface area contributed by atoms with E-state index in [0.717, 1.165) is 12.8 Å². The van der Waals surface area contributed by atoms with Gasteiger partial charge in [0.25, 0.3) is 5.91 Å². The predicted molar refractivity (Wildman–Crippen MR) is 85.6 cm³/mol. The quantitative estimate of drug-likeness (QED) is 0.907. The fourth-order valence-electron chi connectivity index (χ4n) is 2.44. The van der Waals surface area contributed by atoms with Crippen molar-refractivity contribution in [3.8, 4) is 5.75 Å². The van der Waals surface area contributed by atoms with Gasteiger partial charge in [-0.25, -0.2) is 0 Å². The number of ether oxygens (including phenoxy) is 1. The maximum atomic E-state index is 12.4. The van der Waals surface area contributed by atoms with Gasteiger partial charge < -0.3 is 10.1 Å². The zero-order valence-corrected chi connectivity index (χ0v) is 13.3. The van der Waals surface area contributed by atoms with Crippen molar-refractivity contribution >= 4 is 28.8 Å². The molecule has 1 aliphatic rings. The molecule has 3 nitrogen and oxygen atoms in total. The van der Waals surface area contributed by atoms with Crippen LogP contribution in [-0.2, 0) is 5.41 Å². The molecule has 0 saturated heterocycles. The summed E-state index contributed by atoms with van der Waals surface area (Å²) in [5.74, 6) is 0.398. The average Bonchev–Trinajstić information content (AvgIpc) is 3.07. The molecule has 2 aromatic rings. The van der Waals surface area contributed by atoms with Gasteiger partial charge in [0.05, 0.1) is 12.7 Å². The van der Waals surface area contributed by atoms with E-state index in [4.69, 9.17) is 16.3 Å². The van der Waals surface area contributed by atoms with Crippen molar-refractivity contribution in [3.63, 3.8) is 0 Å². The van der Waals surface area contributed by atoms with E-state index in [1.165, 1.54) is 4.88 Å². The fraction of sp³-hybridized carbons (Fsp3) is 0.312. The molecule has 3 rings (SSSR count). The monoisotopic (exact) mass is 321 g/mol. The maximum absolute atomic E-state index is 12.4. The highest BCUT2D eigenvalue weighted by atomic mass is 35.5. The molecule has 1 N–H and O–H groups in total. The van der Waals surface area contributed by atoms with Gasteiger partial charge in [-0.2, -0.15) is 0 Å². The summed E-state index contributed by atoms with van der Waals surface area (Å²) < 4.78 is 5.22. The minimum Gasteiger partial charge on any atom is -0.496 e. The van der Waals surface area contributed by atoms with E-state index in [9.17, 15) is 4.79 Å². The standard InChI is InChI=1S/C16H16ClNO2S/c1-20-13-5-4-11(17)9-12(13)15(19)18-10-16(6-7-16)14-3-2-8-21-14/h2-5,8-9H,6-7,10H2,1H3,(H,18,19). The minimum atomic E-state index is -0.141. The highest BCUT2D eigenvalue weighted by Crippen LogP contribution is 2.49. The first-order chi connectivity index (χ1) is 10.1. The van der Waals surface area contributed by atoms with Gasteiger partial charge in [-0.1, -0.05) is 17.7 Å². The van der Waals surface area contributed by atoms with Crippen molar-refractivity contribution in [1.29, 1.82) is 0 Å². The molecule has 1 fully saturated rings. The van der Waals surface area contributed by atoms with Crippen LogP contribution in [-0.4, -0.2) is 19.6 Å². The SMILES string of the molecule is COc1ccc(Cl)cc1C(=O)NCC1(c2cccs2)CC1. The first-order valence-corrected chi connectivity index (χ1v) is 8.06. The third-order valence-corrected chi connectivity index (χ3v) is 5.24. The van der Waals surface area contributed by atoms with Crippen LogP contribution in [0.4, 0.5) is 0 Å². The number of nitrogens with one attached hydrogen (secondary N) is 1. The second-order valence-corrected chi connectivity index (χ2v) is 6.67. The lowest BCUT2D eigenvalue weighted by Gasteiger charge is -2.15. The van der Waals surface area contributed by atoms with Crippen LogP contribution in [0.25, 0.3) is 0 Å². The lowest BCUT2D eigenvalue weighted by atomic mass is 10.0. The molecule has 0 unspecified atom stereocenters. The molecule has 0 radical (unpaired) electrons. The van der Waals surface area contributed by atoms with Gasteiger partial charge >= 0.3 is 0 Å². The van der Waals surface area contributed by atoms with Crippen LogP contribution in [0, 0.1) is 0 Å². The molecular formula is C16H16ClNO2S. The van der Waals surface area contributed by atoms with Gasteiger partial charge in [-0.15, -0.1) is 11.3 Å². The third-order valence-electron chi connectivity index (χ3n) is 3.89. The molecule has 1 saturated carbocycles. The summed E-state index contributed by atoms with van der Waals surface area (Å²) >= 11 is 7.72. The van der Waals surface area contributed by atoms with E-state index in [1.54, 1.807) is 36.6 Å². The molecule has 1 aromatic heterocycles. The summed E-state index contributed by atoms with van der Waals surface area (Å²) in [5.41, 5.74) is 0.613. The van der Waals surface area contributed by atoms with E-state index in [2.05, 4.69) is 22.8 Å². The van der Waals surface area contributed by atoms with Crippen molar-refractivity contribution in [2.24, 2.45) is 0 Å². The molecule has 110 valence electrons. The third kappa shape index (κ3) is 2.92. The average molecular weight is 322 g/mol. The van der Waals surface area contributed by atoms with Crippen molar-refractivity contribution in [2.75, 3.05) is 13.7 Å². The number of halogens is 1. The molecule has 1 heterocycles. The van der Waals surface area contributed by atoms with E-state index >= 15 is 0 Å². The molecule has 1 aliphatic carbocycles. The summed E-state index contributed by atoms with van der Waals surface area (Å²) in [4.78, 5) is 13.7. The molecule has 0 bridgehead atoms. The summed E-state index contributed by atoms with van der Waals surface area (Å²) in [7, 11) is 1.55. The number of hydrogen-bond acceptors (Lipinski definition) is 3. The Hall–Kier alpha value is -1.52. The maximum Gasteiger partial charge on any atom is 0.255 e. The van der Waals surface area contributed by atoms with Crippen LogP contribution in [0.5, 0.6) is 5.75 Å². The van der Waals surface area contributed by atoms with E-state index < -0.39 is 0 Å². The first kappa shape index (κ1) is 14.4. The topological polar surface area (TPSA) is 38.3 Å². The van der Waals surface area contributed by atoms with Gasteiger partial charge in [0.1, 0.15) is 5.75 Å². The summed E-state index contributed by atoms with van der Waals surface area (Å²) in [5, 5.41) is 5.63. The largest absolute Gasteiger partial charge is 0.496 e. The molecule has 1 amide bonds. The number of benzene rings is 1. The summed E-state index contributed by atoms with van der Waals surface area (Å²) in [6.45, 7) is 0.655. The van der Waals surface area contributed by atoms with Crippen LogP contribution in [0.15, 0.2) is 35.7 Å². The Kier molecular flexibility index (Phi) is 3.91. The Morgan fingerprint density at radius 2 is 2.24 bits per heavy atom. The number of methoxy groups -OCH3 is 1. The Bertz CT molecular complexity index is 650. The number of carbonyl (C=O) groups excluding carboxylic acids is 1. The Morgan fingerprint density at radius 1 is 1.43 bits per heavy atom. The highest BCUT2D eigenvalue weighted by Gasteiger charge is 2.45. The predicted octanol–water partition coefficient (Wildman–Crippen LogP) is 3.87. The van der Waals surface area contributed by atoms with Crippen LogP contribution >= 0.6 is 22.9 Å². The summed E-state index contributed by atoms with van der Waals surface area (Å²) in [6, 6.07) is 9.26. The molecular weight excluding hydrogens is 306 g/mol. The summed E-state index contributed by atoms with van der Waals surface area (Å²) in [6.07, 6.45) is 2.25. The van der Waals surface area contributed by atoms with E-state index in [0.29, 0.717) is 22.9 Å². The Labute approximate surface area is 132 Å². The van der Waals surface area contributed by atoms with Crippen molar-refractivity contribution in [1.82, 2.24) is 5.32 Å². The van der Waals surface area contributed by atoms with Crippen molar-refractivity contribution in [2.45, 2.75) is 18.3 Å². The van der Waals surface area contributed by atoms with Crippen LogP contribution < -0.4 is 10.1 Å². The van der Waals surface area contributed by atoms with Crippen molar-refractivity contribution < 1.29 is 9.53 Å².